The van der Waals surface area contributed by atoms with Crippen molar-refractivity contribution >= 4 is 34.0 Å². The van der Waals surface area contributed by atoms with Crippen LogP contribution in [0.3, 0.4) is 0 Å². The van der Waals surface area contributed by atoms with Crippen LogP contribution < -0.4 is 10.6 Å². The lowest BCUT2D eigenvalue weighted by atomic mass is 9.96. The van der Waals surface area contributed by atoms with E-state index in [0.29, 0.717) is 18.7 Å². The van der Waals surface area contributed by atoms with Gasteiger partial charge in [0.1, 0.15) is 5.82 Å². The summed E-state index contributed by atoms with van der Waals surface area (Å²) in [6, 6.07) is 29.0. The summed E-state index contributed by atoms with van der Waals surface area (Å²) < 4.78 is 42.2. The second kappa shape index (κ2) is 12.7. The molecule has 0 bridgehead atoms. The fourth-order valence-corrected chi connectivity index (χ4v) is 5.61. The van der Waals surface area contributed by atoms with Gasteiger partial charge in [0.25, 0.3) is 5.91 Å². The Balaban J connectivity index is 1.21. The maximum Gasteiger partial charge on any atom is 0.416 e. The van der Waals surface area contributed by atoms with E-state index in [2.05, 4.69) is 15.5 Å². The van der Waals surface area contributed by atoms with Crippen molar-refractivity contribution in [2.75, 3.05) is 43.9 Å². The Hall–Kier alpha value is -4.73. The van der Waals surface area contributed by atoms with Crippen LogP contribution in [0.2, 0.25) is 0 Å². The highest BCUT2D eigenvalue weighted by atomic mass is 19.4. The Morgan fingerprint density at radius 3 is 2.38 bits per heavy atom. The lowest BCUT2D eigenvalue weighted by Gasteiger charge is -2.33. The Morgan fingerprint density at radius 2 is 1.62 bits per heavy atom. The monoisotopic (exact) mass is 609 g/mol. The smallest absolute Gasteiger partial charge is 0.340 e. The second-order valence-electron chi connectivity index (χ2n) is 11.5. The fourth-order valence-electron chi connectivity index (χ4n) is 5.61. The molecule has 5 aromatic rings. The molecule has 0 spiro atoms. The molecule has 0 saturated carbocycles. The van der Waals surface area contributed by atoms with Crippen LogP contribution in [-0.2, 0) is 12.7 Å². The van der Waals surface area contributed by atoms with E-state index in [9.17, 15) is 18.0 Å². The highest BCUT2D eigenvalue weighted by Gasteiger charge is 2.34. The average molecular weight is 610 g/mol. The molecule has 1 aliphatic heterocycles. The first-order valence-electron chi connectivity index (χ1n) is 14.9. The van der Waals surface area contributed by atoms with Crippen LogP contribution in [0.25, 0.3) is 22.0 Å². The summed E-state index contributed by atoms with van der Waals surface area (Å²) in [4.78, 5) is 22.2. The van der Waals surface area contributed by atoms with E-state index in [1.807, 2.05) is 85.6 Å². The number of nitrogens with one attached hydrogen (secondary N) is 2. The van der Waals surface area contributed by atoms with Gasteiger partial charge in [0.2, 0.25) is 0 Å². The van der Waals surface area contributed by atoms with Crippen LogP contribution in [-0.4, -0.2) is 53.9 Å². The molecule has 4 aromatic carbocycles. The number of rotatable bonds is 7. The first kappa shape index (κ1) is 30.3. The lowest BCUT2D eigenvalue weighted by molar-refractivity contribution is -0.138. The third kappa shape index (κ3) is 7.16. The minimum Gasteiger partial charge on any atom is -0.340 e. The molecule has 9 heteroatoms. The van der Waals surface area contributed by atoms with Crippen LogP contribution in [0.15, 0.2) is 97.1 Å². The lowest BCUT2D eigenvalue weighted by Crippen LogP contribution is -2.44. The van der Waals surface area contributed by atoms with Crippen LogP contribution in [0, 0.1) is 6.92 Å². The number of fused-ring (bicyclic) bond motifs is 1. The number of hydrogen-bond donors (Lipinski definition) is 2. The number of piperazine rings is 1. The van der Waals surface area contributed by atoms with Crippen molar-refractivity contribution in [2.24, 2.45) is 0 Å². The van der Waals surface area contributed by atoms with E-state index in [-0.39, 0.29) is 17.8 Å². The Kier molecular flexibility index (Phi) is 8.56. The molecule has 0 aliphatic carbocycles. The Labute approximate surface area is 260 Å². The maximum atomic E-state index is 14.1. The van der Waals surface area contributed by atoms with Gasteiger partial charge < -0.3 is 15.5 Å². The van der Waals surface area contributed by atoms with Gasteiger partial charge in [-0.15, -0.1) is 0 Å². The maximum absolute atomic E-state index is 14.1. The number of benzene rings is 4. The highest BCUT2D eigenvalue weighted by molar-refractivity contribution is 6.05. The SMILES string of the molecule is Cc1ccc(C(=O)Nc2ccc(CN3CCN(C)CC3)c(C(F)(F)F)c2)cc1-c1ccc2nc(Nc3ccccc3)ccc2c1. The summed E-state index contributed by atoms with van der Waals surface area (Å²) >= 11 is 0. The number of aromatic nitrogens is 1. The van der Waals surface area contributed by atoms with Gasteiger partial charge in [-0.25, -0.2) is 4.98 Å². The van der Waals surface area contributed by atoms with Crippen molar-refractivity contribution in [1.29, 1.82) is 0 Å². The van der Waals surface area contributed by atoms with E-state index >= 15 is 0 Å². The molecule has 6 nitrogen and oxygen atoms in total. The van der Waals surface area contributed by atoms with Gasteiger partial charge in [0.15, 0.2) is 0 Å². The quantitative estimate of drug-likeness (QED) is 0.196. The molecule has 230 valence electrons. The van der Waals surface area contributed by atoms with Gasteiger partial charge in [-0.2, -0.15) is 13.2 Å². The first-order chi connectivity index (χ1) is 21.6. The number of alkyl halides is 3. The summed E-state index contributed by atoms with van der Waals surface area (Å²) in [7, 11) is 2.01. The first-order valence-corrected chi connectivity index (χ1v) is 14.9. The van der Waals surface area contributed by atoms with Gasteiger partial charge in [-0.05, 0) is 96.9 Å². The molecule has 1 aromatic heterocycles. The molecule has 6 rings (SSSR count). The van der Waals surface area contributed by atoms with Crippen molar-refractivity contribution in [2.45, 2.75) is 19.6 Å². The number of para-hydroxylation sites is 1. The molecule has 1 amide bonds. The Bertz CT molecular complexity index is 1830. The number of nitrogens with zero attached hydrogens (tertiary/aromatic N) is 3. The summed E-state index contributed by atoms with van der Waals surface area (Å²) in [5, 5.41) is 6.93. The van der Waals surface area contributed by atoms with Crippen molar-refractivity contribution in [3.05, 3.63) is 119 Å². The van der Waals surface area contributed by atoms with Gasteiger partial charge in [-0.1, -0.05) is 36.4 Å². The summed E-state index contributed by atoms with van der Waals surface area (Å²) in [6.45, 7) is 5.23. The van der Waals surface area contributed by atoms with Crippen LogP contribution >= 0.6 is 0 Å². The molecule has 1 fully saturated rings. The van der Waals surface area contributed by atoms with Crippen LogP contribution in [0.5, 0.6) is 0 Å². The number of hydrogen-bond acceptors (Lipinski definition) is 5. The predicted octanol–water partition coefficient (Wildman–Crippen LogP) is 7.97. The molecule has 45 heavy (non-hydrogen) atoms. The van der Waals surface area contributed by atoms with E-state index in [4.69, 9.17) is 4.98 Å². The van der Waals surface area contributed by atoms with E-state index in [1.165, 1.54) is 6.07 Å². The average Bonchev–Trinajstić information content (AvgIpc) is 3.03. The minimum absolute atomic E-state index is 0.105. The number of aryl methyl sites for hydroxylation is 1. The van der Waals surface area contributed by atoms with Crippen molar-refractivity contribution < 1.29 is 18.0 Å². The topological polar surface area (TPSA) is 60.5 Å². The number of anilines is 3. The van der Waals surface area contributed by atoms with Crippen molar-refractivity contribution in [3.63, 3.8) is 0 Å². The number of carbonyl (C=O) groups excluding carboxylic acids is 1. The van der Waals surface area contributed by atoms with Gasteiger partial charge in [0, 0.05) is 55.0 Å². The molecule has 2 N–H and O–H groups in total. The summed E-state index contributed by atoms with van der Waals surface area (Å²) in [5.74, 6) is 0.257. The van der Waals surface area contributed by atoms with Gasteiger partial charge in [-0.3, -0.25) is 9.69 Å². The molecular formula is C36H34F3N5O. The highest BCUT2D eigenvalue weighted by Crippen LogP contribution is 2.35. The second-order valence-corrected chi connectivity index (χ2v) is 11.5. The summed E-state index contributed by atoms with van der Waals surface area (Å²) in [6.07, 6.45) is -4.54. The molecule has 0 unspecified atom stereocenters. The van der Waals surface area contributed by atoms with E-state index in [0.717, 1.165) is 58.3 Å². The Morgan fingerprint density at radius 1 is 0.844 bits per heavy atom. The molecule has 1 saturated heterocycles. The van der Waals surface area contributed by atoms with Crippen molar-refractivity contribution in [1.82, 2.24) is 14.8 Å². The standard InChI is InChI=1S/C36H34F3N5O/c1-24-8-9-27(21-31(24)25-11-14-33-26(20-25)12-15-34(42-33)40-29-6-4-3-5-7-29)35(45)41-30-13-10-28(32(22-30)36(37,38)39)23-44-18-16-43(2)17-19-44/h3-15,20-22H,16-19,23H2,1-2H3,(H,40,42)(H,41,45). The number of carbonyl (C=O) groups is 1. The normalized spacial score (nSPS) is 14.4. The van der Waals surface area contributed by atoms with Gasteiger partial charge in [0.05, 0.1) is 11.1 Å². The number of pyridine rings is 1. The predicted molar refractivity (Wildman–Crippen MR) is 174 cm³/mol. The van der Waals surface area contributed by atoms with Gasteiger partial charge >= 0.3 is 6.18 Å². The third-order valence-corrected chi connectivity index (χ3v) is 8.21. The van der Waals surface area contributed by atoms with E-state index in [1.54, 1.807) is 18.2 Å². The third-order valence-electron chi connectivity index (χ3n) is 8.21. The van der Waals surface area contributed by atoms with E-state index < -0.39 is 17.6 Å². The number of likely N-dealkylation sites (N-methyl/N-ethyl adjacent to an activating group) is 1. The van der Waals surface area contributed by atoms with Crippen LogP contribution in [0.1, 0.15) is 27.0 Å². The zero-order valence-electron chi connectivity index (χ0n) is 25.2. The zero-order valence-corrected chi connectivity index (χ0v) is 25.2. The molecule has 2 heterocycles. The zero-order chi connectivity index (χ0) is 31.6. The minimum atomic E-state index is -4.54. The molecule has 1 aliphatic rings. The number of halogens is 3. The fraction of sp³-hybridized carbons (Fsp3) is 0.222. The van der Waals surface area contributed by atoms with Crippen LogP contribution in [0.4, 0.5) is 30.4 Å². The molecule has 0 radical (unpaired) electrons. The summed E-state index contributed by atoms with van der Waals surface area (Å²) in [5.41, 5.74) is 4.44. The molecule has 0 atom stereocenters. The number of amides is 1. The van der Waals surface area contributed by atoms with Crippen molar-refractivity contribution in [3.8, 4) is 11.1 Å². The largest absolute Gasteiger partial charge is 0.416 e. The molecular weight excluding hydrogens is 575 g/mol.